The normalized spacial score (nSPS) is 12.6. The first-order valence-corrected chi connectivity index (χ1v) is 7.43. The third kappa shape index (κ3) is 4.19. The van der Waals surface area contributed by atoms with Gasteiger partial charge in [-0.3, -0.25) is 4.79 Å². The summed E-state index contributed by atoms with van der Waals surface area (Å²) in [6, 6.07) is 5.38. The summed E-state index contributed by atoms with van der Waals surface area (Å²) < 4.78 is 0. The average molecular weight is 287 g/mol. The molecule has 1 rings (SSSR count). The smallest absolute Gasteiger partial charge is 0.252 e. The molecule has 0 aromatic heterocycles. The predicted molar refractivity (Wildman–Crippen MR) is 78.4 cm³/mol. The number of hydrogen-bond acceptors (Lipinski definition) is 3. The molecule has 3 nitrogen and oxygen atoms in total. The molecule has 0 radical (unpaired) electrons. The van der Waals surface area contributed by atoms with Crippen molar-refractivity contribution in [1.29, 1.82) is 0 Å². The van der Waals surface area contributed by atoms with Crippen LogP contribution in [0.3, 0.4) is 0 Å². The molecule has 1 unspecified atom stereocenters. The van der Waals surface area contributed by atoms with Crippen LogP contribution in [-0.4, -0.2) is 24.7 Å². The lowest BCUT2D eigenvalue weighted by atomic mass is 10.1. The minimum Gasteiger partial charge on any atom is -0.350 e. The average Bonchev–Trinajstić information content (AvgIpc) is 2.35. The summed E-state index contributed by atoms with van der Waals surface area (Å²) >= 11 is 7.60. The van der Waals surface area contributed by atoms with E-state index in [9.17, 15) is 4.79 Å². The second-order valence-corrected chi connectivity index (χ2v) is 5.75. The maximum atomic E-state index is 12.0. The fourth-order valence-corrected chi connectivity index (χ4v) is 1.99. The maximum absolute atomic E-state index is 12.0. The van der Waals surface area contributed by atoms with Gasteiger partial charge in [-0.25, -0.2) is 0 Å². The fourth-order valence-electron chi connectivity index (χ4n) is 1.35. The zero-order valence-electron chi connectivity index (χ0n) is 10.9. The molecule has 0 spiro atoms. The van der Waals surface area contributed by atoms with E-state index in [4.69, 9.17) is 17.3 Å². The molecule has 0 fully saturated rings. The van der Waals surface area contributed by atoms with Gasteiger partial charge in [-0.2, -0.15) is 0 Å². The van der Waals surface area contributed by atoms with E-state index in [1.807, 2.05) is 26.2 Å². The van der Waals surface area contributed by atoms with Gasteiger partial charge >= 0.3 is 0 Å². The van der Waals surface area contributed by atoms with Gasteiger partial charge in [0.15, 0.2) is 0 Å². The molecule has 0 saturated heterocycles. The lowest BCUT2D eigenvalue weighted by Gasteiger charge is -2.16. The summed E-state index contributed by atoms with van der Waals surface area (Å²) in [5, 5.41) is 3.28. The largest absolute Gasteiger partial charge is 0.350 e. The molecular weight excluding hydrogens is 268 g/mol. The molecule has 0 aliphatic rings. The van der Waals surface area contributed by atoms with Crippen molar-refractivity contribution in [3.05, 3.63) is 28.8 Å². The van der Waals surface area contributed by atoms with Crippen LogP contribution in [0, 0.1) is 5.92 Å². The number of benzene rings is 1. The Balaban J connectivity index is 2.72. The number of carbonyl (C=O) groups is 1. The lowest BCUT2D eigenvalue weighted by molar-refractivity contribution is 0.0949. The van der Waals surface area contributed by atoms with E-state index in [1.54, 1.807) is 23.9 Å². The minimum absolute atomic E-state index is 0.0449. The van der Waals surface area contributed by atoms with E-state index in [0.717, 1.165) is 4.90 Å². The Morgan fingerprint density at radius 3 is 2.72 bits per heavy atom. The number of nitrogens with one attached hydrogen (secondary N) is 1. The highest BCUT2D eigenvalue weighted by atomic mass is 35.5. The second-order valence-electron chi connectivity index (χ2n) is 4.46. The van der Waals surface area contributed by atoms with Crippen LogP contribution in [0.4, 0.5) is 0 Å². The van der Waals surface area contributed by atoms with Gasteiger partial charge in [-0.15, -0.1) is 11.8 Å². The zero-order chi connectivity index (χ0) is 13.7. The third-order valence-electron chi connectivity index (χ3n) is 2.77. The van der Waals surface area contributed by atoms with Gasteiger partial charge < -0.3 is 11.1 Å². The lowest BCUT2D eigenvalue weighted by Crippen LogP contribution is -2.40. The molecule has 1 atom stereocenters. The predicted octanol–water partition coefficient (Wildman–Crippen LogP) is 2.78. The highest BCUT2D eigenvalue weighted by Crippen LogP contribution is 2.22. The van der Waals surface area contributed by atoms with E-state index < -0.39 is 0 Å². The van der Waals surface area contributed by atoms with Crippen LogP contribution in [-0.2, 0) is 0 Å². The number of hydrogen-bond donors (Lipinski definition) is 2. The Morgan fingerprint density at radius 2 is 2.17 bits per heavy atom. The van der Waals surface area contributed by atoms with Crippen molar-refractivity contribution in [2.45, 2.75) is 24.8 Å². The first-order valence-electron chi connectivity index (χ1n) is 5.83. The van der Waals surface area contributed by atoms with Crippen LogP contribution in [0.2, 0.25) is 5.02 Å². The van der Waals surface area contributed by atoms with Gasteiger partial charge in [0.25, 0.3) is 5.91 Å². The van der Waals surface area contributed by atoms with Crippen molar-refractivity contribution in [2.24, 2.45) is 11.7 Å². The second kappa shape index (κ2) is 7.02. The van der Waals surface area contributed by atoms with Crippen LogP contribution < -0.4 is 11.1 Å². The summed E-state index contributed by atoms with van der Waals surface area (Å²) in [5.41, 5.74) is 6.38. The molecule has 0 saturated carbocycles. The van der Waals surface area contributed by atoms with Crippen LogP contribution >= 0.6 is 23.4 Å². The van der Waals surface area contributed by atoms with Gasteiger partial charge in [0.2, 0.25) is 0 Å². The Labute approximate surface area is 117 Å². The van der Waals surface area contributed by atoms with Crippen molar-refractivity contribution in [1.82, 2.24) is 5.32 Å². The van der Waals surface area contributed by atoms with E-state index >= 15 is 0 Å². The molecule has 1 aromatic carbocycles. The van der Waals surface area contributed by atoms with Gasteiger partial charge in [-0.05, 0) is 30.4 Å². The Morgan fingerprint density at radius 1 is 1.50 bits per heavy atom. The van der Waals surface area contributed by atoms with Crippen molar-refractivity contribution in [2.75, 3.05) is 12.8 Å². The monoisotopic (exact) mass is 286 g/mol. The molecule has 1 amide bonds. The molecule has 0 heterocycles. The molecule has 18 heavy (non-hydrogen) atoms. The number of halogens is 1. The third-order valence-corrected chi connectivity index (χ3v) is 3.83. The molecule has 5 heteroatoms. The highest BCUT2D eigenvalue weighted by molar-refractivity contribution is 7.98. The van der Waals surface area contributed by atoms with Crippen LogP contribution in [0.25, 0.3) is 0 Å². The Bertz CT molecular complexity index is 423. The van der Waals surface area contributed by atoms with E-state index in [1.165, 1.54) is 0 Å². The van der Waals surface area contributed by atoms with Crippen molar-refractivity contribution < 1.29 is 4.79 Å². The quantitative estimate of drug-likeness (QED) is 0.819. The SMILES string of the molecule is CSc1ccc(Cl)c(C(=O)NCC(N)C(C)C)c1. The standard InChI is InChI=1S/C13H19ClN2OS/c1-8(2)12(15)7-16-13(17)10-6-9(18-3)4-5-11(10)14/h4-6,8,12H,7,15H2,1-3H3,(H,16,17). The van der Waals surface area contributed by atoms with Crippen molar-refractivity contribution in [3.63, 3.8) is 0 Å². The minimum atomic E-state index is -0.174. The summed E-state index contributed by atoms with van der Waals surface area (Å²) in [4.78, 5) is 13.0. The number of carbonyl (C=O) groups excluding carboxylic acids is 1. The number of amides is 1. The first kappa shape index (κ1) is 15.3. The first-order chi connectivity index (χ1) is 8.45. The van der Waals surface area contributed by atoms with Crippen molar-refractivity contribution in [3.8, 4) is 0 Å². The van der Waals surface area contributed by atoms with E-state index in [-0.39, 0.29) is 11.9 Å². The molecule has 0 aliphatic heterocycles. The van der Waals surface area contributed by atoms with E-state index in [2.05, 4.69) is 5.32 Å². The topological polar surface area (TPSA) is 55.1 Å². The number of nitrogens with two attached hydrogens (primary N) is 1. The number of thioether (sulfide) groups is 1. The van der Waals surface area contributed by atoms with Gasteiger partial charge in [0, 0.05) is 17.5 Å². The molecule has 100 valence electrons. The van der Waals surface area contributed by atoms with E-state index in [0.29, 0.717) is 23.0 Å². The number of rotatable bonds is 5. The van der Waals surface area contributed by atoms with Crippen LogP contribution in [0.15, 0.2) is 23.1 Å². The molecule has 1 aromatic rings. The van der Waals surface area contributed by atoms with Gasteiger partial charge in [0.05, 0.1) is 10.6 Å². The highest BCUT2D eigenvalue weighted by Gasteiger charge is 2.13. The summed E-state index contributed by atoms with van der Waals surface area (Å²) in [6.07, 6.45) is 1.96. The fraction of sp³-hybridized carbons (Fsp3) is 0.462. The molecule has 0 aliphatic carbocycles. The zero-order valence-corrected chi connectivity index (χ0v) is 12.4. The van der Waals surface area contributed by atoms with Crippen LogP contribution in [0.1, 0.15) is 24.2 Å². The Hall–Kier alpha value is -0.710. The van der Waals surface area contributed by atoms with Crippen molar-refractivity contribution >= 4 is 29.3 Å². The molecule has 3 N–H and O–H groups in total. The summed E-state index contributed by atoms with van der Waals surface area (Å²) in [5.74, 6) is 0.158. The molecular formula is C13H19ClN2OS. The van der Waals surface area contributed by atoms with Crippen LogP contribution in [0.5, 0.6) is 0 Å². The maximum Gasteiger partial charge on any atom is 0.252 e. The Kier molecular flexibility index (Phi) is 5.99. The summed E-state index contributed by atoms with van der Waals surface area (Å²) in [6.45, 7) is 4.51. The summed E-state index contributed by atoms with van der Waals surface area (Å²) in [7, 11) is 0. The molecule has 0 bridgehead atoms. The van der Waals surface area contributed by atoms with Gasteiger partial charge in [0.1, 0.15) is 0 Å². The van der Waals surface area contributed by atoms with Gasteiger partial charge in [-0.1, -0.05) is 25.4 Å².